The molecule has 0 aromatic heterocycles. The third-order valence-electron chi connectivity index (χ3n) is 3.78. The van der Waals surface area contributed by atoms with Crippen molar-refractivity contribution in [1.82, 2.24) is 4.90 Å². The Balaban J connectivity index is 1.90. The van der Waals surface area contributed by atoms with Gasteiger partial charge in [-0.05, 0) is 16.3 Å². The zero-order valence-electron chi connectivity index (χ0n) is 11.2. The lowest BCUT2D eigenvalue weighted by Gasteiger charge is -2.33. The fourth-order valence-corrected chi connectivity index (χ4v) is 2.70. The van der Waals surface area contributed by atoms with Crippen LogP contribution < -0.4 is 0 Å². The van der Waals surface area contributed by atoms with Crippen LogP contribution in [-0.4, -0.2) is 41.8 Å². The van der Waals surface area contributed by atoms with Gasteiger partial charge in [-0.15, -0.1) is 0 Å². The van der Waals surface area contributed by atoms with Gasteiger partial charge in [-0.2, -0.15) is 0 Å². The number of hydrogen-bond donors (Lipinski definition) is 1. The molecule has 0 saturated carbocycles. The minimum atomic E-state index is -0.815. The van der Waals surface area contributed by atoms with Gasteiger partial charge in [0.05, 0.1) is 13.2 Å². The Kier molecular flexibility index (Phi) is 3.67. The van der Waals surface area contributed by atoms with E-state index in [-0.39, 0.29) is 6.61 Å². The lowest BCUT2D eigenvalue weighted by atomic mass is 10.0. The molecule has 0 radical (unpaired) electrons. The Labute approximate surface area is 117 Å². The van der Waals surface area contributed by atoms with Crippen LogP contribution in [0.25, 0.3) is 10.8 Å². The Morgan fingerprint density at radius 2 is 2.05 bits per heavy atom. The zero-order valence-corrected chi connectivity index (χ0v) is 11.2. The van der Waals surface area contributed by atoms with Gasteiger partial charge in [-0.3, -0.25) is 9.69 Å². The third kappa shape index (κ3) is 2.53. The van der Waals surface area contributed by atoms with Crippen LogP contribution in [-0.2, 0) is 16.1 Å². The second kappa shape index (κ2) is 5.61. The van der Waals surface area contributed by atoms with Crippen LogP contribution in [0.2, 0.25) is 0 Å². The van der Waals surface area contributed by atoms with Crippen LogP contribution in [0.3, 0.4) is 0 Å². The Morgan fingerprint density at radius 1 is 1.25 bits per heavy atom. The van der Waals surface area contributed by atoms with Gasteiger partial charge in [-0.1, -0.05) is 42.5 Å². The van der Waals surface area contributed by atoms with Crippen LogP contribution >= 0.6 is 0 Å². The van der Waals surface area contributed by atoms with Gasteiger partial charge in [0.15, 0.2) is 0 Å². The minimum Gasteiger partial charge on any atom is -0.480 e. The van der Waals surface area contributed by atoms with Gasteiger partial charge in [-0.25, -0.2) is 0 Å². The molecule has 0 bridgehead atoms. The quantitative estimate of drug-likeness (QED) is 0.929. The van der Waals surface area contributed by atoms with Crippen LogP contribution in [0, 0.1) is 0 Å². The molecule has 1 saturated heterocycles. The SMILES string of the molecule is O=C(O)C1COCCN1Cc1cccc2ccccc12. The third-order valence-corrected chi connectivity index (χ3v) is 3.78. The molecule has 20 heavy (non-hydrogen) atoms. The highest BCUT2D eigenvalue weighted by Crippen LogP contribution is 2.21. The lowest BCUT2D eigenvalue weighted by molar-refractivity contribution is -0.150. The largest absolute Gasteiger partial charge is 0.480 e. The number of carbonyl (C=O) groups is 1. The second-order valence-corrected chi connectivity index (χ2v) is 5.04. The molecule has 1 aliphatic rings. The van der Waals surface area contributed by atoms with Crippen molar-refractivity contribution in [1.29, 1.82) is 0 Å². The number of morpholine rings is 1. The van der Waals surface area contributed by atoms with Gasteiger partial charge >= 0.3 is 5.97 Å². The maximum absolute atomic E-state index is 11.3. The number of nitrogens with zero attached hydrogens (tertiary/aromatic N) is 1. The van der Waals surface area contributed by atoms with Gasteiger partial charge in [0.1, 0.15) is 6.04 Å². The van der Waals surface area contributed by atoms with Crippen LogP contribution in [0.4, 0.5) is 0 Å². The van der Waals surface area contributed by atoms with Crippen LogP contribution in [0.5, 0.6) is 0 Å². The van der Waals surface area contributed by atoms with Crippen molar-refractivity contribution in [2.24, 2.45) is 0 Å². The van der Waals surface area contributed by atoms with Crippen LogP contribution in [0.1, 0.15) is 5.56 Å². The van der Waals surface area contributed by atoms with E-state index >= 15 is 0 Å². The summed E-state index contributed by atoms with van der Waals surface area (Å²) in [7, 11) is 0. The van der Waals surface area contributed by atoms with E-state index in [1.165, 1.54) is 10.8 Å². The minimum absolute atomic E-state index is 0.264. The smallest absolute Gasteiger partial charge is 0.323 e. The molecule has 1 aliphatic heterocycles. The van der Waals surface area contributed by atoms with Crippen molar-refractivity contribution in [2.75, 3.05) is 19.8 Å². The molecule has 4 heteroatoms. The molecule has 2 aromatic rings. The summed E-state index contributed by atoms with van der Waals surface area (Å²) in [4.78, 5) is 13.3. The van der Waals surface area contributed by atoms with E-state index in [0.717, 1.165) is 5.56 Å². The first kappa shape index (κ1) is 13.1. The molecule has 104 valence electrons. The molecule has 1 heterocycles. The fraction of sp³-hybridized carbons (Fsp3) is 0.312. The average Bonchev–Trinajstić information content (AvgIpc) is 2.48. The summed E-state index contributed by atoms with van der Waals surface area (Å²) >= 11 is 0. The Morgan fingerprint density at radius 3 is 2.90 bits per heavy atom. The molecule has 1 fully saturated rings. The predicted molar refractivity (Wildman–Crippen MR) is 76.6 cm³/mol. The Bertz CT molecular complexity index is 621. The number of rotatable bonds is 3. The van der Waals surface area contributed by atoms with E-state index in [9.17, 15) is 9.90 Å². The summed E-state index contributed by atoms with van der Waals surface area (Å²) < 4.78 is 5.28. The molecule has 1 unspecified atom stereocenters. The van der Waals surface area contributed by atoms with Gasteiger partial charge in [0, 0.05) is 13.1 Å². The van der Waals surface area contributed by atoms with Crippen molar-refractivity contribution in [2.45, 2.75) is 12.6 Å². The van der Waals surface area contributed by atoms with Crippen molar-refractivity contribution >= 4 is 16.7 Å². The molecule has 1 atom stereocenters. The maximum Gasteiger partial charge on any atom is 0.323 e. The van der Waals surface area contributed by atoms with Gasteiger partial charge in [0.25, 0.3) is 0 Å². The average molecular weight is 271 g/mol. The zero-order chi connectivity index (χ0) is 13.9. The molecule has 4 nitrogen and oxygen atoms in total. The van der Waals surface area contributed by atoms with E-state index in [2.05, 4.69) is 24.3 Å². The first-order chi connectivity index (χ1) is 9.75. The number of carboxylic acids is 1. The summed E-state index contributed by atoms with van der Waals surface area (Å²) in [5.41, 5.74) is 1.16. The molecule has 0 amide bonds. The highest BCUT2D eigenvalue weighted by Gasteiger charge is 2.29. The van der Waals surface area contributed by atoms with E-state index in [1.54, 1.807) is 0 Å². The molecular formula is C16H17NO3. The summed E-state index contributed by atoms with van der Waals surface area (Å²) in [6, 6.07) is 13.8. The molecular weight excluding hydrogens is 254 g/mol. The highest BCUT2D eigenvalue weighted by atomic mass is 16.5. The number of hydrogen-bond acceptors (Lipinski definition) is 3. The predicted octanol–water partition coefficient (Wildman–Crippen LogP) is 2.13. The topological polar surface area (TPSA) is 49.8 Å². The number of fused-ring (bicyclic) bond motifs is 1. The summed E-state index contributed by atoms with van der Waals surface area (Å²) in [6.07, 6.45) is 0. The summed E-state index contributed by atoms with van der Waals surface area (Å²) in [6.45, 7) is 2.15. The maximum atomic E-state index is 11.3. The van der Waals surface area contributed by atoms with Crippen molar-refractivity contribution < 1.29 is 14.6 Å². The van der Waals surface area contributed by atoms with Crippen molar-refractivity contribution in [3.05, 3.63) is 48.0 Å². The normalized spacial score (nSPS) is 20.1. The number of benzene rings is 2. The van der Waals surface area contributed by atoms with E-state index in [0.29, 0.717) is 19.7 Å². The van der Waals surface area contributed by atoms with Crippen molar-refractivity contribution in [3.8, 4) is 0 Å². The number of ether oxygens (including phenoxy) is 1. The lowest BCUT2D eigenvalue weighted by Crippen LogP contribution is -2.49. The van der Waals surface area contributed by atoms with E-state index in [4.69, 9.17) is 4.74 Å². The summed E-state index contributed by atoms with van der Waals surface area (Å²) in [5.74, 6) is -0.815. The Hall–Kier alpha value is -1.91. The number of aliphatic carboxylic acids is 1. The van der Waals surface area contributed by atoms with E-state index < -0.39 is 12.0 Å². The molecule has 3 rings (SSSR count). The molecule has 2 aromatic carbocycles. The molecule has 1 N–H and O–H groups in total. The molecule has 0 aliphatic carbocycles. The molecule has 0 spiro atoms. The van der Waals surface area contributed by atoms with Crippen molar-refractivity contribution in [3.63, 3.8) is 0 Å². The summed E-state index contributed by atoms with van der Waals surface area (Å²) in [5, 5.41) is 11.6. The first-order valence-corrected chi connectivity index (χ1v) is 6.77. The van der Waals surface area contributed by atoms with Gasteiger partial charge < -0.3 is 9.84 Å². The highest BCUT2D eigenvalue weighted by molar-refractivity contribution is 5.85. The fourth-order valence-electron chi connectivity index (χ4n) is 2.70. The van der Waals surface area contributed by atoms with Crippen LogP contribution in [0.15, 0.2) is 42.5 Å². The number of carboxylic acid groups (broad SMARTS) is 1. The second-order valence-electron chi connectivity index (χ2n) is 5.04. The monoisotopic (exact) mass is 271 g/mol. The first-order valence-electron chi connectivity index (χ1n) is 6.77. The van der Waals surface area contributed by atoms with Gasteiger partial charge in [0.2, 0.25) is 0 Å². The standard InChI is InChI=1S/C16H17NO3/c18-16(19)15-11-20-9-8-17(15)10-13-6-3-5-12-4-1-2-7-14(12)13/h1-7,15H,8-11H2,(H,18,19). The van der Waals surface area contributed by atoms with E-state index in [1.807, 2.05) is 23.1 Å².